The molecule has 5 aromatic rings. The van der Waals surface area contributed by atoms with Gasteiger partial charge < -0.3 is 14.2 Å². The topological polar surface area (TPSA) is 108 Å². The van der Waals surface area contributed by atoms with E-state index in [2.05, 4.69) is 25.3 Å². The second kappa shape index (κ2) is 10.7. The third-order valence-electron chi connectivity index (χ3n) is 5.59. The van der Waals surface area contributed by atoms with Crippen LogP contribution in [0.4, 0.5) is 14.9 Å². The first-order chi connectivity index (χ1) is 18.3. The Labute approximate surface area is 225 Å². The summed E-state index contributed by atoms with van der Waals surface area (Å²) in [6, 6.07) is 7.14. The number of nitrogens with zero attached hydrogens (tertiary/aromatic N) is 4. The van der Waals surface area contributed by atoms with Gasteiger partial charge in [-0.3, -0.25) is 10.3 Å². The molecule has 0 radical (unpaired) electrons. The van der Waals surface area contributed by atoms with Crippen LogP contribution in [-0.2, 0) is 4.74 Å². The number of anilines is 1. The summed E-state index contributed by atoms with van der Waals surface area (Å²) in [7, 11) is 1.53. The lowest BCUT2D eigenvalue weighted by molar-refractivity contribution is 0.136. The quantitative estimate of drug-likeness (QED) is 0.232. The van der Waals surface area contributed by atoms with Crippen molar-refractivity contribution in [3.63, 3.8) is 0 Å². The Bertz CT molecular complexity index is 1680. The van der Waals surface area contributed by atoms with Crippen molar-refractivity contribution in [1.29, 1.82) is 0 Å². The summed E-state index contributed by atoms with van der Waals surface area (Å²) in [5.41, 5.74) is 4.69. The first kappa shape index (κ1) is 25.6. The zero-order valence-corrected chi connectivity index (χ0v) is 22.1. The maximum atomic E-state index is 15.0. The number of nitrogens with one attached hydrogen (secondary N) is 1. The molecule has 0 atom stereocenters. The molecule has 0 aliphatic heterocycles. The summed E-state index contributed by atoms with van der Waals surface area (Å²) in [6.07, 6.45) is 4.01. The largest absolute Gasteiger partial charge is 0.487 e. The molecule has 194 valence electrons. The zero-order chi connectivity index (χ0) is 26.8. The van der Waals surface area contributed by atoms with Gasteiger partial charge in [0.1, 0.15) is 28.8 Å². The fraction of sp³-hybridized carbons (Fsp3) is 0.192. The number of carbonyl (C=O) groups is 1. The van der Waals surface area contributed by atoms with Gasteiger partial charge in [0.15, 0.2) is 11.6 Å². The van der Waals surface area contributed by atoms with Gasteiger partial charge in [-0.05, 0) is 43.2 Å². The third-order valence-corrected chi connectivity index (χ3v) is 6.97. The first-order valence-corrected chi connectivity index (χ1v) is 12.6. The molecule has 3 heterocycles. The maximum Gasteiger partial charge on any atom is 0.411 e. The van der Waals surface area contributed by atoms with Crippen molar-refractivity contribution in [2.24, 2.45) is 0 Å². The minimum absolute atomic E-state index is 0.0663. The van der Waals surface area contributed by atoms with Gasteiger partial charge in [-0.25, -0.2) is 24.1 Å². The third kappa shape index (κ3) is 5.15. The zero-order valence-electron chi connectivity index (χ0n) is 20.5. The Morgan fingerprint density at radius 3 is 2.76 bits per heavy atom. The van der Waals surface area contributed by atoms with E-state index in [9.17, 15) is 4.79 Å². The first-order valence-electron chi connectivity index (χ1n) is 11.4. The normalized spacial score (nSPS) is 11.1. The molecule has 9 nitrogen and oxygen atoms in total. The highest BCUT2D eigenvalue weighted by Crippen LogP contribution is 2.40. The number of methoxy groups -OCH3 is 1. The van der Waals surface area contributed by atoms with Crippen LogP contribution in [0.5, 0.6) is 11.6 Å². The maximum absolute atomic E-state index is 15.0. The Balaban J connectivity index is 1.34. The molecule has 38 heavy (non-hydrogen) atoms. The molecular weight excluding hydrogens is 533 g/mol. The molecule has 0 unspecified atom stereocenters. The highest BCUT2D eigenvalue weighted by molar-refractivity contribution is 7.21. The number of hydrogen-bond acceptors (Lipinski definition) is 9. The van der Waals surface area contributed by atoms with Gasteiger partial charge >= 0.3 is 6.09 Å². The number of carbonyl (C=O) groups excluding carboxylic acids is 1. The number of fused-ring (bicyclic) bond motifs is 2. The fourth-order valence-corrected chi connectivity index (χ4v) is 5.05. The van der Waals surface area contributed by atoms with E-state index in [1.807, 2.05) is 26.0 Å². The number of amides is 1. The van der Waals surface area contributed by atoms with Crippen LogP contribution in [0.1, 0.15) is 11.1 Å². The predicted molar refractivity (Wildman–Crippen MR) is 144 cm³/mol. The van der Waals surface area contributed by atoms with Crippen LogP contribution in [-0.4, -0.2) is 46.4 Å². The van der Waals surface area contributed by atoms with Crippen LogP contribution in [0, 0.1) is 19.7 Å². The van der Waals surface area contributed by atoms with E-state index >= 15 is 4.39 Å². The van der Waals surface area contributed by atoms with Crippen LogP contribution in [0.25, 0.3) is 31.8 Å². The molecule has 0 bridgehead atoms. The SMILES string of the molecule is COc1cnc2c(-c3nc4c(Cl)c(F)c(OCCOC(=O)Nc5cnccc5C)cc4s3)cc(C)cc2n1. The van der Waals surface area contributed by atoms with Crippen LogP contribution in [0.3, 0.4) is 0 Å². The summed E-state index contributed by atoms with van der Waals surface area (Å²) in [6.45, 7) is 3.59. The molecule has 2 aromatic carbocycles. The smallest absolute Gasteiger partial charge is 0.411 e. The molecule has 0 saturated carbocycles. The summed E-state index contributed by atoms with van der Waals surface area (Å²) >= 11 is 7.66. The van der Waals surface area contributed by atoms with Crippen molar-refractivity contribution in [3.8, 4) is 22.2 Å². The molecule has 3 aromatic heterocycles. The lowest BCUT2D eigenvalue weighted by Crippen LogP contribution is -2.18. The predicted octanol–water partition coefficient (Wildman–Crippen LogP) is 6.35. The van der Waals surface area contributed by atoms with Crippen LogP contribution >= 0.6 is 22.9 Å². The van der Waals surface area contributed by atoms with Crippen molar-refractivity contribution in [2.75, 3.05) is 25.6 Å². The molecule has 0 saturated heterocycles. The fourth-order valence-electron chi connectivity index (χ4n) is 3.74. The highest BCUT2D eigenvalue weighted by Gasteiger charge is 2.20. The van der Waals surface area contributed by atoms with Gasteiger partial charge in [0.05, 0.1) is 40.9 Å². The van der Waals surface area contributed by atoms with E-state index in [-0.39, 0.29) is 24.0 Å². The Morgan fingerprint density at radius 2 is 1.97 bits per heavy atom. The molecule has 0 aliphatic carbocycles. The van der Waals surface area contributed by atoms with E-state index in [1.54, 1.807) is 12.3 Å². The summed E-state index contributed by atoms with van der Waals surface area (Å²) in [4.78, 5) is 29.5. The number of aromatic nitrogens is 4. The number of ether oxygens (including phenoxy) is 3. The van der Waals surface area contributed by atoms with Crippen molar-refractivity contribution >= 4 is 56.0 Å². The number of pyridine rings is 1. The average Bonchev–Trinajstić information content (AvgIpc) is 3.34. The average molecular weight is 554 g/mol. The van der Waals surface area contributed by atoms with Crippen LogP contribution in [0.2, 0.25) is 5.02 Å². The highest BCUT2D eigenvalue weighted by atomic mass is 35.5. The molecule has 12 heteroatoms. The second-order valence-electron chi connectivity index (χ2n) is 8.26. The number of halogens is 2. The van der Waals surface area contributed by atoms with Crippen molar-refractivity contribution in [2.45, 2.75) is 13.8 Å². The van der Waals surface area contributed by atoms with Gasteiger partial charge in [0.25, 0.3) is 0 Å². The van der Waals surface area contributed by atoms with Crippen molar-refractivity contribution in [3.05, 3.63) is 64.8 Å². The summed E-state index contributed by atoms with van der Waals surface area (Å²) in [5.74, 6) is -0.410. The van der Waals surface area contributed by atoms with E-state index in [4.69, 9.17) is 25.8 Å². The summed E-state index contributed by atoms with van der Waals surface area (Å²) < 4.78 is 31.5. The van der Waals surface area contributed by atoms with Crippen LogP contribution in [0.15, 0.2) is 42.9 Å². The minimum Gasteiger partial charge on any atom is -0.487 e. The standard InChI is InChI=1S/C26H21ClFN5O4S/c1-13-8-15(23-16(9-13)31-20(35-3)12-30-23)25-33-24-19(38-25)10-18(22(28)21(24)27)36-6-7-37-26(34)32-17-11-29-5-4-14(17)2/h4-5,8-12H,6-7H2,1-3H3,(H,32,34). The number of aryl methyl sites for hydroxylation is 2. The molecule has 0 aliphatic rings. The molecule has 5 rings (SSSR count). The van der Waals surface area contributed by atoms with Crippen LogP contribution < -0.4 is 14.8 Å². The van der Waals surface area contributed by atoms with E-state index in [0.29, 0.717) is 37.8 Å². The van der Waals surface area contributed by atoms with E-state index in [0.717, 1.165) is 16.7 Å². The monoisotopic (exact) mass is 553 g/mol. The molecule has 0 fully saturated rings. The number of thiazole rings is 1. The van der Waals surface area contributed by atoms with E-state index < -0.39 is 11.9 Å². The lowest BCUT2D eigenvalue weighted by atomic mass is 10.1. The molecule has 0 spiro atoms. The van der Waals surface area contributed by atoms with Gasteiger partial charge in [-0.15, -0.1) is 11.3 Å². The Kier molecular flexibility index (Phi) is 7.21. The number of benzene rings is 2. The molecule has 1 amide bonds. The van der Waals surface area contributed by atoms with Crippen molar-refractivity contribution in [1.82, 2.24) is 19.9 Å². The lowest BCUT2D eigenvalue weighted by Gasteiger charge is -2.10. The van der Waals surface area contributed by atoms with Crippen molar-refractivity contribution < 1.29 is 23.4 Å². The van der Waals surface area contributed by atoms with Gasteiger partial charge in [-0.1, -0.05) is 11.6 Å². The minimum atomic E-state index is -0.745. The summed E-state index contributed by atoms with van der Waals surface area (Å²) in [5, 5.41) is 3.05. The number of rotatable bonds is 7. The van der Waals surface area contributed by atoms with Gasteiger partial charge in [0.2, 0.25) is 5.88 Å². The van der Waals surface area contributed by atoms with E-state index in [1.165, 1.54) is 36.9 Å². The Hall–Kier alpha value is -4.09. The van der Waals surface area contributed by atoms with Gasteiger partial charge in [-0.2, -0.15) is 0 Å². The Morgan fingerprint density at radius 1 is 1.13 bits per heavy atom. The second-order valence-corrected chi connectivity index (χ2v) is 9.67. The van der Waals surface area contributed by atoms with Gasteiger partial charge in [0, 0.05) is 17.8 Å². The number of hydrogen-bond donors (Lipinski definition) is 1. The molecular formula is C26H21ClFN5O4S. The molecule has 1 N–H and O–H groups in total.